The minimum Gasteiger partial charge on any atom is -0.355 e. The van der Waals surface area contributed by atoms with E-state index in [0.717, 1.165) is 19.4 Å². The van der Waals surface area contributed by atoms with Crippen LogP contribution in [0.15, 0.2) is 0 Å². The molecule has 2 aliphatic carbocycles. The molecule has 2 saturated carbocycles. The van der Waals surface area contributed by atoms with Crippen molar-refractivity contribution >= 4 is 17.5 Å². The summed E-state index contributed by atoms with van der Waals surface area (Å²) in [6.07, 6.45) is 4.55. The van der Waals surface area contributed by atoms with Crippen molar-refractivity contribution in [2.45, 2.75) is 39.5 Å². The summed E-state index contributed by atoms with van der Waals surface area (Å²) in [6.45, 7) is 5.15. The number of carbonyl (C=O) groups is 1. The zero-order valence-electron chi connectivity index (χ0n) is 9.61. The fourth-order valence-corrected chi connectivity index (χ4v) is 2.61. The molecular formula is C12H20ClNO. The van der Waals surface area contributed by atoms with Crippen LogP contribution < -0.4 is 5.32 Å². The highest BCUT2D eigenvalue weighted by Gasteiger charge is 2.51. The Morgan fingerprint density at radius 2 is 2.07 bits per heavy atom. The molecule has 2 aliphatic rings. The highest BCUT2D eigenvalue weighted by Crippen LogP contribution is 2.52. The molecule has 1 N–H and O–H groups in total. The van der Waals surface area contributed by atoms with Crippen molar-refractivity contribution in [2.75, 3.05) is 12.4 Å². The van der Waals surface area contributed by atoms with E-state index in [2.05, 4.69) is 19.2 Å². The van der Waals surface area contributed by atoms with Gasteiger partial charge in [0.25, 0.3) is 0 Å². The quantitative estimate of drug-likeness (QED) is 0.722. The second-order valence-electron chi connectivity index (χ2n) is 5.90. The van der Waals surface area contributed by atoms with Gasteiger partial charge < -0.3 is 5.32 Å². The van der Waals surface area contributed by atoms with Crippen LogP contribution in [-0.4, -0.2) is 18.3 Å². The average Bonchev–Trinajstić information content (AvgIpc) is 3.03. The molecule has 2 fully saturated rings. The molecule has 1 atom stereocenters. The predicted molar refractivity (Wildman–Crippen MR) is 61.9 cm³/mol. The van der Waals surface area contributed by atoms with Crippen molar-refractivity contribution in [1.82, 2.24) is 5.32 Å². The Balaban J connectivity index is 1.72. The van der Waals surface area contributed by atoms with Crippen LogP contribution in [0.1, 0.15) is 39.5 Å². The summed E-state index contributed by atoms with van der Waals surface area (Å²) in [4.78, 5) is 11.8. The third kappa shape index (κ3) is 2.47. The monoisotopic (exact) mass is 229 g/mol. The highest BCUT2D eigenvalue weighted by molar-refractivity contribution is 6.17. The molecule has 0 spiro atoms. The second kappa shape index (κ2) is 3.65. The maximum Gasteiger partial charge on any atom is 0.223 e. The van der Waals surface area contributed by atoms with Gasteiger partial charge in [0.05, 0.1) is 0 Å². The minimum atomic E-state index is 0.243. The molecule has 1 amide bonds. The van der Waals surface area contributed by atoms with E-state index < -0.39 is 0 Å². The van der Waals surface area contributed by atoms with Crippen molar-refractivity contribution in [3.8, 4) is 0 Å². The lowest BCUT2D eigenvalue weighted by molar-refractivity contribution is -0.123. The van der Waals surface area contributed by atoms with E-state index in [1.165, 1.54) is 12.8 Å². The fraction of sp³-hybridized carbons (Fsp3) is 0.917. The fourth-order valence-electron chi connectivity index (χ4n) is 2.20. The van der Waals surface area contributed by atoms with E-state index in [-0.39, 0.29) is 17.2 Å². The molecule has 0 saturated heterocycles. The van der Waals surface area contributed by atoms with Gasteiger partial charge in [-0.2, -0.15) is 0 Å². The summed E-state index contributed by atoms with van der Waals surface area (Å²) < 4.78 is 0. The zero-order chi connectivity index (χ0) is 11.1. The van der Waals surface area contributed by atoms with E-state index in [0.29, 0.717) is 11.3 Å². The minimum absolute atomic E-state index is 0.243. The van der Waals surface area contributed by atoms with Gasteiger partial charge in [-0.15, -0.1) is 11.6 Å². The predicted octanol–water partition coefficient (Wildman–Crippen LogP) is 2.56. The van der Waals surface area contributed by atoms with Crippen LogP contribution in [0.3, 0.4) is 0 Å². The van der Waals surface area contributed by atoms with Crippen molar-refractivity contribution in [3.63, 3.8) is 0 Å². The molecule has 1 unspecified atom stereocenters. The van der Waals surface area contributed by atoms with Crippen molar-refractivity contribution in [3.05, 3.63) is 0 Å². The number of rotatable bonds is 5. The summed E-state index contributed by atoms with van der Waals surface area (Å²) in [7, 11) is 0. The van der Waals surface area contributed by atoms with E-state index in [1.54, 1.807) is 0 Å². The molecule has 0 radical (unpaired) electrons. The topological polar surface area (TPSA) is 29.1 Å². The van der Waals surface area contributed by atoms with Gasteiger partial charge in [-0.3, -0.25) is 4.79 Å². The molecule has 0 aromatic carbocycles. The van der Waals surface area contributed by atoms with E-state index in [9.17, 15) is 4.79 Å². The summed E-state index contributed by atoms with van der Waals surface area (Å²) in [5.41, 5.74) is 0.601. The molecule has 0 bridgehead atoms. The molecule has 15 heavy (non-hydrogen) atoms. The molecule has 3 heteroatoms. The molecule has 2 nitrogen and oxygen atoms in total. The van der Waals surface area contributed by atoms with Crippen molar-refractivity contribution in [1.29, 1.82) is 0 Å². The molecule has 2 rings (SSSR count). The first-order chi connectivity index (χ1) is 6.99. The smallest absolute Gasteiger partial charge is 0.223 e. The maximum absolute atomic E-state index is 11.8. The molecule has 0 aliphatic heterocycles. The Morgan fingerprint density at radius 1 is 1.47 bits per heavy atom. The number of alkyl halides is 1. The standard InChI is InChI=1S/C12H20ClNO/c1-11(2)7-9(11)10(15)14-8-12(3-4-12)5-6-13/h9H,3-8H2,1-2H3,(H,14,15). The van der Waals surface area contributed by atoms with Gasteiger partial charge in [0.15, 0.2) is 0 Å². The third-order valence-electron chi connectivity index (χ3n) is 4.05. The first-order valence-electron chi connectivity index (χ1n) is 5.83. The van der Waals surface area contributed by atoms with Crippen LogP contribution in [-0.2, 0) is 4.79 Å². The van der Waals surface area contributed by atoms with Gasteiger partial charge in [-0.1, -0.05) is 13.8 Å². The maximum atomic E-state index is 11.8. The Hall–Kier alpha value is -0.240. The first kappa shape index (κ1) is 11.3. The van der Waals surface area contributed by atoms with Crippen LogP contribution in [0, 0.1) is 16.7 Å². The van der Waals surface area contributed by atoms with E-state index >= 15 is 0 Å². The largest absolute Gasteiger partial charge is 0.355 e. The van der Waals surface area contributed by atoms with E-state index in [4.69, 9.17) is 11.6 Å². The number of hydrogen-bond acceptors (Lipinski definition) is 1. The first-order valence-corrected chi connectivity index (χ1v) is 6.36. The molecule has 0 heterocycles. The lowest BCUT2D eigenvalue weighted by Gasteiger charge is -2.14. The summed E-state index contributed by atoms with van der Waals surface area (Å²) in [5.74, 6) is 1.22. The lowest BCUT2D eigenvalue weighted by Crippen LogP contribution is -2.32. The summed E-state index contributed by atoms with van der Waals surface area (Å²) in [5, 5.41) is 3.09. The number of carbonyl (C=O) groups excluding carboxylic acids is 1. The number of halogens is 1. The second-order valence-corrected chi connectivity index (χ2v) is 6.28. The van der Waals surface area contributed by atoms with Gasteiger partial charge in [-0.25, -0.2) is 0 Å². The SMILES string of the molecule is CC1(C)CC1C(=O)NCC1(CCCl)CC1. The van der Waals surface area contributed by atoms with Crippen LogP contribution in [0.5, 0.6) is 0 Å². The number of nitrogens with one attached hydrogen (secondary N) is 1. The van der Waals surface area contributed by atoms with Crippen LogP contribution >= 0.6 is 11.6 Å². The van der Waals surface area contributed by atoms with Gasteiger partial charge >= 0.3 is 0 Å². The lowest BCUT2D eigenvalue weighted by atomic mass is 10.0. The zero-order valence-corrected chi connectivity index (χ0v) is 10.4. The highest BCUT2D eigenvalue weighted by atomic mass is 35.5. The van der Waals surface area contributed by atoms with Gasteiger partial charge in [0.1, 0.15) is 0 Å². The van der Waals surface area contributed by atoms with Crippen molar-refractivity contribution in [2.24, 2.45) is 16.7 Å². The van der Waals surface area contributed by atoms with Crippen LogP contribution in [0.25, 0.3) is 0 Å². The van der Waals surface area contributed by atoms with Crippen molar-refractivity contribution < 1.29 is 4.79 Å². The number of hydrogen-bond donors (Lipinski definition) is 1. The van der Waals surface area contributed by atoms with E-state index in [1.807, 2.05) is 0 Å². The Bertz CT molecular complexity index is 271. The van der Waals surface area contributed by atoms with Crippen LogP contribution in [0.4, 0.5) is 0 Å². The van der Waals surface area contributed by atoms with Crippen LogP contribution in [0.2, 0.25) is 0 Å². The summed E-state index contributed by atoms with van der Waals surface area (Å²) >= 11 is 5.75. The molecule has 0 aromatic heterocycles. The molecule has 0 aromatic rings. The normalized spacial score (nSPS) is 29.7. The molecule has 86 valence electrons. The Labute approximate surface area is 96.8 Å². The summed E-state index contributed by atoms with van der Waals surface area (Å²) in [6, 6.07) is 0. The van der Waals surface area contributed by atoms with Gasteiger partial charge in [0, 0.05) is 18.3 Å². The Kier molecular flexibility index (Phi) is 2.74. The van der Waals surface area contributed by atoms with Gasteiger partial charge in [-0.05, 0) is 36.5 Å². The Morgan fingerprint density at radius 3 is 2.47 bits per heavy atom. The average molecular weight is 230 g/mol. The molecular weight excluding hydrogens is 210 g/mol. The third-order valence-corrected chi connectivity index (χ3v) is 4.24. The van der Waals surface area contributed by atoms with Gasteiger partial charge in [0.2, 0.25) is 5.91 Å². The number of amides is 1.